The number of fused-ring (bicyclic) bond motifs is 1. The van der Waals surface area contributed by atoms with E-state index in [1.807, 2.05) is 49.6 Å². The van der Waals surface area contributed by atoms with Crippen LogP contribution in [0.3, 0.4) is 0 Å². The van der Waals surface area contributed by atoms with Crippen molar-refractivity contribution in [2.75, 3.05) is 0 Å². The SMILES string of the molecule is Cc1cc(SCc2nc3scc(-c4ccc(Br)cc4)c3c(=O)[nH]2)nc(C)n1. The first-order valence-electron chi connectivity index (χ1n) is 8.21. The molecule has 0 aliphatic heterocycles. The molecule has 0 amide bonds. The van der Waals surface area contributed by atoms with Crippen LogP contribution in [0.1, 0.15) is 17.3 Å². The Hall–Kier alpha value is -2.03. The van der Waals surface area contributed by atoms with Crippen molar-refractivity contribution in [2.24, 2.45) is 0 Å². The minimum atomic E-state index is -0.107. The van der Waals surface area contributed by atoms with Crippen LogP contribution in [0.2, 0.25) is 0 Å². The van der Waals surface area contributed by atoms with Gasteiger partial charge >= 0.3 is 0 Å². The lowest BCUT2D eigenvalue weighted by atomic mass is 10.1. The quantitative estimate of drug-likeness (QED) is 0.339. The van der Waals surface area contributed by atoms with Crippen LogP contribution in [0, 0.1) is 13.8 Å². The number of nitrogens with zero attached hydrogens (tertiary/aromatic N) is 3. The third-order valence-electron chi connectivity index (χ3n) is 3.95. The Morgan fingerprint density at radius 1 is 1.15 bits per heavy atom. The Kier molecular flexibility index (Phi) is 5.12. The number of thioether (sulfide) groups is 1. The summed E-state index contributed by atoms with van der Waals surface area (Å²) in [6, 6.07) is 9.86. The largest absolute Gasteiger partial charge is 0.309 e. The highest BCUT2D eigenvalue weighted by molar-refractivity contribution is 9.10. The van der Waals surface area contributed by atoms with Gasteiger partial charge in [0.05, 0.1) is 11.1 Å². The maximum absolute atomic E-state index is 12.7. The average molecular weight is 459 g/mol. The van der Waals surface area contributed by atoms with Crippen LogP contribution >= 0.6 is 39.0 Å². The summed E-state index contributed by atoms with van der Waals surface area (Å²) in [5.41, 5.74) is 2.74. The van der Waals surface area contributed by atoms with Gasteiger partial charge in [-0.3, -0.25) is 4.79 Å². The highest BCUT2D eigenvalue weighted by Crippen LogP contribution is 2.31. The zero-order valence-electron chi connectivity index (χ0n) is 14.6. The molecule has 0 fully saturated rings. The number of benzene rings is 1. The van der Waals surface area contributed by atoms with Gasteiger partial charge in [0.15, 0.2) is 0 Å². The molecule has 27 heavy (non-hydrogen) atoms. The fraction of sp³-hybridized carbons (Fsp3) is 0.158. The summed E-state index contributed by atoms with van der Waals surface area (Å²) in [4.78, 5) is 29.7. The lowest BCUT2D eigenvalue weighted by molar-refractivity contribution is 0.934. The van der Waals surface area contributed by atoms with E-state index in [2.05, 4.69) is 35.9 Å². The van der Waals surface area contributed by atoms with Gasteiger partial charge in [0, 0.05) is 21.1 Å². The van der Waals surface area contributed by atoms with Crippen LogP contribution in [0.4, 0.5) is 0 Å². The third kappa shape index (κ3) is 3.97. The number of thiophene rings is 1. The summed E-state index contributed by atoms with van der Waals surface area (Å²) >= 11 is 6.47. The van der Waals surface area contributed by atoms with Crippen molar-refractivity contribution in [2.45, 2.75) is 24.6 Å². The molecule has 4 aromatic rings. The Bertz CT molecular complexity index is 1160. The first kappa shape index (κ1) is 18.3. The van der Waals surface area contributed by atoms with Crippen molar-refractivity contribution >= 4 is 49.2 Å². The topological polar surface area (TPSA) is 71.5 Å². The molecule has 8 heteroatoms. The minimum Gasteiger partial charge on any atom is -0.309 e. The summed E-state index contributed by atoms with van der Waals surface area (Å²) in [5, 5.41) is 3.51. The molecular formula is C19H15BrN4OS2. The third-order valence-corrected chi connectivity index (χ3v) is 6.27. The second-order valence-corrected chi connectivity index (χ2v) is 8.80. The fourth-order valence-electron chi connectivity index (χ4n) is 2.80. The average Bonchev–Trinajstić information content (AvgIpc) is 3.04. The summed E-state index contributed by atoms with van der Waals surface area (Å²) in [7, 11) is 0. The monoisotopic (exact) mass is 458 g/mol. The van der Waals surface area contributed by atoms with Crippen molar-refractivity contribution in [3.63, 3.8) is 0 Å². The van der Waals surface area contributed by atoms with Crippen molar-refractivity contribution in [1.82, 2.24) is 19.9 Å². The molecule has 0 saturated heterocycles. The van der Waals surface area contributed by atoms with E-state index in [1.165, 1.54) is 23.1 Å². The molecule has 0 bridgehead atoms. The molecule has 0 aliphatic carbocycles. The molecule has 3 aromatic heterocycles. The zero-order chi connectivity index (χ0) is 19.0. The van der Waals surface area contributed by atoms with Gasteiger partial charge in [-0.25, -0.2) is 15.0 Å². The molecular weight excluding hydrogens is 444 g/mol. The van der Waals surface area contributed by atoms with Crippen molar-refractivity contribution in [3.05, 3.63) is 67.9 Å². The molecule has 0 spiro atoms. The Morgan fingerprint density at radius 3 is 2.67 bits per heavy atom. The van der Waals surface area contributed by atoms with Gasteiger partial charge in [-0.2, -0.15) is 0 Å². The standard InChI is InChI=1S/C19H15BrN4OS2/c1-10-7-16(22-11(2)21-10)26-9-15-23-18(25)17-14(8-27-19(17)24-15)12-3-5-13(20)6-4-12/h3-8H,9H2,1-2H3,(H,23,24,25). The number of aromatic amines is 1. The number of rotatable bonds is 4. The molecule has 1 N–H and O–H groups in total. The number of H-pyrrole nitrogens is 1. The summed E-state index contributed by atoms with van der Waals surface area (Å²) in [6.07, 6.45) is 0. The van der Waals surface area contributed by atoms with E-state index in [0.29, 0.717) is 17.0 Å². The maximum atomic E-state index is 12.7. The van der Waals surface area contributed by atoms with Crippen LogP contribution in [0.25, 0.3) is 21.3 Å². The zero-order valence-corrected chi connectivity index (χ0v) is 17.8. The molecule has 4 rings (SSSR count). The number of aryl methyl sites for hydroxylation is 2. The summed E-state index contributed by atoms with van der Waals surface area (Å²) in [6.45, 7) is 3.82. The maximum Gasteiger partial charge on any atom is 0.260 e. The second-order valence-electron chi connectivity index (χ2n) is 6.03. The van der Waals surface area contributed by atoms with E-state index in [0.717, 1.165) is 37.0 Å². The van der Waals surface area contributed by atoms with E-state index < -0.39 is 0 Å². The van der Waals surface area contributed by atoms with Crippen LogP contribution in [0.15, 0.2) is 50.0 Å². The van der Waals surface area contributed by atoms with Crippen LogP contribution in [0.5, 0.6) is 0 Å². The van der Waals surface area contributed by atoms with E-state index in [4.69, 9.17) is 0 Å². The number of aromatic nitrogens is 4. The Morgan fingerprint density at radius 2 is 1.93 bits per heavy atom. The molecule has 5 nitrogen and oxygen atoms in total. The fourth-order valence-corrected chi connectivity index (χ4v) is 4.91. The highest BCUT2D eigenvalue weighted by Gasteiger charge is 2.13. The highest BCUT2D eigenvalue weighted by atomic mass is 79.9. The van der Waals surface area contributed by atoms with Gasteiger partial charge < -0.3 is 4.98 Å². The predicted octanol–water partition coefficient (Wildman–Crippen LogP) is 5.11. The first-order valence-corrected chi connectivity index (χ1v) is 10.9. The van der Waals surface area contributed by atoms with Crippen LogP contribution in [-0.2, 0) is 5.75 Å². The van der Waals surface area contributed by atoms with Crippen molar-refractivity contribution in [1.29, 1.82) is 0 Å². The number of hydrogen-bond donors (Lipinski definition) is 1. The number of halogens is 1. The first-order chi connectivity index (χ1) is 13.0. The van der Waals surface area contributed by atoms with E-state index in [9.17, 15) is 4.79 Å². The molecule has 0 unspecified atom stereocenters. The molecule has 136 valence electrons. The van der Waals surface area contributed by atoms with Gasteiger partial charge in [-0.15, -0.1) is 11.3 Å². The number of hydrogen-bond acceptors (Lipinski definition) is 6. The normalized spacial score (nSPS) is 11.2. The van der Waals surface area contributed by atoms with Crippen LogP contribution < -0.4 is 5.56 Å². The van der Waals surface area contributed by atoms with E-state index in [-0.39, 0.29) is 5.56 Å². The Balaban J connectivity index is 1.64. The van der Waals surface area contributed by atoms with Gasteiger partial charge in [-0.1, -0.05) is 39.8 Å². The second kappa shape index (κ2) is 7.53. The van der Waals surface area contributed by atoms with Gasteiger partial charge in [0.25, 0.3) is 5.56 Å². The van der Waals surface area contributed by atoms with E-state index in [1.54, 1.807) is 0 Å². The van der Waals surface area contributed by atoms with Gasteiger partial charge in [0.2, 0.25) is 0 Å². The van der Waals surface area contributed by atoms with Gasteiger partial charge in [0.1, 0.15) is 21.5 Å². The van der Waals surface area contributed by atoms with Crippen molar-refractivity contribution in [3.8, 4) is 11.1 Å². The molecule has 3 heterocycles. The van der Waals surface area contributed by atoms with Crippen molar-refractivity contribution < 1.29 is 0 Å². The summed E-state index contributed by atoms with van der Waals surface area (Å²) < 4.78 is 1.01. The molecule has 0 radical (unpaired) electrons. The molecule has 0 saturated carbocycles. The summed E-state index contributed by atoms with van der Waals surface area (Å²) in [5.74, 6) is 1.94. The lowest BCUT2D eigenvalue weighted by Gasteiger charge is -2.04. The van der Waals surface area contributed by atoms with Crippen LogP contribution in [-0.4, -0.2) is 19.9 Å². The predicted molar refractivity (Wildman–Crippen MR) is 114 cm³/mol. The molecule has 0 atom stereocenters. The minimum absolute atomic E-state index is 0.107. The molecule has 1 aromatic carbocycles. The smallest absolute Gasteiger partial charge is 0.260 e. The van der Waals surface area contributed by atoms with Gasteiger partial charge in [-0.05, 0) is 37.6 Å². The Labute approximate surface area is 172 Å². The lowest BCUT2D eigenvalue weighted by Crippen LogP contribution is -2.10. The number of nitrogens with one attached hydrogen (secondary N) is 1. The van der Waals surface area contributed by atoms with E-state index >= 15 is 0 Å². The molecule has 0 aliphatic rings.